The maximum Gasteiger partial charge on any atom is 0.183 e. The van der Waals surface area contributed by atoms with Gasteiger partial charge in [-0.3, -0.25) is 0 Å². The summed E-state index contributed by atoms with van der Waals surface area (Å²) in [6.07, 6.45) is 1.55. The fraction of sp³-hybridized carbons (Fsp3) is 0.158. The van der Waals surface area contributed by atoms with E-state index >= 15 is 0 Å². The minimum absolute atomic E-state index is 0.548. The van der Waals surface area contributed by atoms with Crippen LogP contribution in [0.3, 0.4) is 0 Å². The van der Waals surface area contributed by atoms with Crippen LogP contribution in [0, 0.1) is 6.92 Å². The van der Waals surface area contributed by atoms with Gasteiger partial charge in [-0.25, -0.2) is 14.6 Å². The van der Waals surface area contributed by atoms with E-state index in [0.29, 0.717) is 27.9 Å². The first kappa shape index (κ1) is 18.2. The summed E-state index contributed by atoms with van der Waals surface area (Å²) in [5.74, 6) is 0.702. The molecule has 0 saturated heterocycles. The molecule has 136 valence electrons. The van der Waals surface area contributed by atoms with Crippen molar-refractivity contribution < 1.29 is 0 Å². The normalized spacial score (nSPS) is 11.2. The molecule has 0 aliphatic heterocycles. The van der Waals surface area contributed by atoms with Crippen LogP contribution >= 0.6 is 35.0 Å². The molecule has 4 aromatic rings. The van der Waals surface area contributed by atoms with Gasteiger partial charge in [-0.15, -0.1) is 5.10 Å². The van der Waals surface area contributed by atoms with Crippen molar-refractivity contribution in [1.82, 2.24) is 25.0 Å². The molecule has 2 aromatic heterocycles. The van der Waals surface area contributed by atoms with Gasteiger partial charge in [-0.1, -0.05) is 76.1 Å². The first-order valence-corrected chi connectivity index (χ1v) is 10.0. The standard InChI is InChI=1S/C19H15Cl2N5S/c1-12-2-4-13(5-3-12)9-26-18-17(24-25-26)19(23-11-22-18)27-10-14-6-7-15(20)16(21)8-14/h2-8,11H,9-10H2,1H3. The number of thioether (sulfide) groups is 1. The van der Waals surface area contributed by atoms with Crippen molar-refractivity contribution in [1.29, 1.82) is 0 Å². The number of benzene rings is 2. The number of rotatable bonds is 5. The Hall–Kier alpha value is -2.15. The van der Waals surface area contributed by atoms with Crippen LogP contribution in [0.2, 0.25) is 10.0 Å². The Morgan fingerprint density at radius 3 is 2.52 bits per heavy atom. The predicted octanol–water partition coefficient (Wildman–Crippen LogP) is 5.18. The number of fused-ring (bicyclic) bond motifs is 1. The van der Waals surface area contributed by atoms with Crippen LogP contribution in [0.5, 0.6) is 0 Å². The Bertz CT molecular complexity index is 1100. The highest BCUT2D eigenvalue weighted by molar-refractivity contribution is 7.98. The minimum Gasteiger partial charge on any atom is -0.227 e. The van der Waals surface area contributed by atoms with Crippen LogP contribution in [0.15, 0.2) is 53.8 Å². The molecule has 0 aliphatic carbocycles. The molecule has 5 nitrogen and oxygen atoms in total. The van der Waals surface area contributed by atoms with E-state index < -0.39 is 0 Å². The van der Waals surface area contributed by atoms with E-state index in [2.05, 4.69) is 51.5 Å². The Kier molecular flexibility index (Phi) is 5.29. The van der Waals surface area contributed by atoms with Crippen LogP contribution < -0.4 is 0 Å². The van der Waals surface area contributed by atoms with Gasteiger partial charge in [0.25, 0.3) is 0 Å². The summed E-state index contributed by atoms with van der Waals surface area (Å²) in [5.41, 5.74) is 4.87. The van der Waals surface area contributed by atoms with E-state index in [1.54, 1.807) is 28.8 Å². The van der Waals surface area contributed by atoms with Gasteiger partial charge in [-0.05, 0) is 30.2 Å². The third-order valence-corrected chi connectivity index (χ3v) is 5.87. The maximum atomic E-state index is 6.09. The number of hydrogen-bond donors (Lipinski definition) is 0. The molecular formula is C19H15Cl2N5S. The van der Waals surface area contributed by atoms with Gasteiger partial charge in [-0.2, -0.15) is 0 Å². The highest BCUT2D eigenvalue weighted by Gasteiger charge is 2.13. The van der Waals surface area contributed by atoms with Crippen molar-refractivity contribution in [3.8, 4) is 0 Å². The van der Waals surface area contributed by atoms with E-state index in [1.165, 1.54) is 5.56 Å². The zero-order chi connectivity index (χ0) is 18.8. The lowest BCUT2D eigenvalue weighted by molar-refractivity contribution is 0.664. The highest BCUT2D eigenvalue weighted by atomic mass is 35.5. The Morgan fingerprint density at radius 1 is 0.963 bits per heavy atom. The fourth-order valence-corrected chi connectivity index (χ4v) is 3.83. The van der Waals surface area contributed by atoms with E-state index in [-0.39, 0.29) is 0 Å². The molecule has 2 aromatic carbocycles. The molecule has 0 saturated carbocycles. The minimum atomic E-state index is 0.548. The van der Waals surface area contributed by atoms with Crippen molar-refractivity contribution >= 4 is 46.1 Å². The summed E-state index contributed by atoms with van der Waals surface area (Å²) < 4.78 is 1.80. The van der Waals surface area contributed by atoms with E-state index in [9.17, 15) is 0 Å². The smallest absolute Gasteiger partial charge is 0.183 e. The highest BCUT2D eigenvalue weighted by Crippen LogP contribution is 2.29. The maximum absolute atomic E-state index is 6.09. The molecule has 27 heavy (non-hydrogen) atoms. The quantitative estimate of drug-likeness (QED) is 0.332. The zero-order valence-electron chi connectivity index (χ0n) is 14.4. The van der Waals surface area contributed by atoms with E-state index in [1.807, 2.05) is 12.1 Å². The van der Waals surface area contributed by atoms with Crippen molar-refractivity contribution in [2.75, 3.05) is 0 Å². The molecule has 2 heterocycles. The summed E-state index contributed by atoms with van der Waals surface area (Å²) >= 11 is 13.6. The van der Waals surface area contributed by atoms with Gasteiger partial charge >= 0.3 is 0 Å². The molecule has 0 amide bonds. The lowest BCUT2D eigenvalue weighted by atomic mass is 10.1. The molecule has 0 unspecified atom stereocenters. The van der Waals surface area contributed by atoms with E-state index in [0.717, 1.165) is 21.8 Å². The van der Waals surface area contributed by atoms with Gasteiger partial charge in [0.2, 0.25) is 0 Å². The average Bonchev–Trinajstić information content (AvgIpc) is 3.08. The first-order valence-electron chi connectivity index (χ1n) is 8.26. The largest absolute Gasteiger partial charge is 0.227 e. The second kappa shape index (κ2) is 7.84. The zero-order valence-corrected chi connectivity index (χ0v) is 16.8. The lowest BCUT2D eigenvalue weighted by Gasteiger charge is -2.04. The third-order valence-electron chi connectivity index (χ3n) is 4.08. The van der Waals surface area contributed by atoms with Crippen LogP contribution in [-0.4, -0.2) is 25.0 Å². The Labute approximate surface area is 170 Å². The summed E-state index contributed by atoms with van der Waals surface area (Å²) in [6, 6.07) is 14.0. The van der Waals surface area contributed by atoms with Crippen LogP contribution in [0.25, 0.3) is 11.2 Å². The van der Waals surface area contributed by atoms with Crippen LogP contribution in [-0.2, 0) is 12.3 Å². The fourth-order valence-electron chi connectivity index (χ4n) is 2.63. The molecule has 8 heteroatoms. The van der Waals surface area contributed by atoms with Crippen molar-refractivity contribution in [3.05, 3.63) is 75.5 Å². The van der Waals surface area contributed by atoms with Crippen LogP contribution in [0.1, 0.15) is 16.7 Å². The molecule has 0 N–H and O–H groups in total. The summed E-state index contributed by atoms with van der Waals surface area (Å²) in [5, 5.41) is 10.5. The van der Waals surface area contributed by atoms with Crippen molar-refractivity contribution in [3.63, 3.8) is 0 Å². The molecule has 0 spiro atoms. The van der Waals surface area contributed by atoms with Gasteiger partial charge in [0, 0.05) is 5.75 Å². The number of halogens is 2. The van der Waals surface area contributed by atoms with Crippen LogP contribution in [0.4, 0.5) is 0 Å². The molecule has 0 aliphatic rings. The molecular weight excluding hydrogens is 401 g/mol. The molecule has 4 rings (SSSR count). The van der Waals surface area contributed by atoms with Gasteiger partial charge in [0.15, 0.2) is 11.2 Å². The second-order valence-corrected chi connectivity index (χ2v) is 7.90. The van der Waals surface area contributed by atoms with Crippen molar-refractivity contribution in [2.24, 2.45) is 0 Å². The number of aryl methyl sites for hydroxylation is 1. The topological polar surface area (TPSA) is 56.5 Å². The lowest BCUT2D eigenvalue weighted by Crippen LogP contribution is -2.03. The van der Waals surface area contributed by atoms with E-state index in [4.69, 9.17) is 23.2 Å². The SMILES string of the molecule is Cc1ccc(Cn2nnc3c(SCc4ccc(Cl)c(Cl)c4)ncnc32)cc1. The number of nitrogens with zero attached hydrogens (tertiary/aromatic N) is 5. The first-order chi connectivity index (χ1) is 13.1. The number of hydrogen-bond acceptors (Lipinski definition) is 5. The van der Waals surface area contributed by atoms with Gasteiger partial charge in [0.1, 0.15) is 11.4 Å². The predicted molar refractivity (Wildman–Crippen MR) is 109 cm³/mol. The molecule has 0 atom stereocenters. The molecule has 0 bridgehead atoms. The second-order valence-electron chi connectivity index (χ2n) is 6.12. The Morgan fingerprint density at radius 2 is 1.74 bits per heavy atom. The summed E-state index contributed by atoms with van der Waals surface area (Å²) in [4.78, 5) is 8.74. The molecule has 0 radical (unpaired) electrons. The van der Waals surface area contributed by atoms with Crippen molar-refractivity contribution in [2.45, 2.75) is 24.2 Å². The molecule has 0 fully saturated rings. The van der Waals surface area contributed by atoms with Gasteiger partial charge < -0.3 is 0 Å². The Balaban J connectivity index is 1.56. The monoisotopic (exact) mass is 415 g/mol. The van der Waals surface area contributed by atoms with Gasteiger partial charge in [0.05, 0.1) is 16.6 Å². The number of aromatic nitrogens is 5. The third kappa shape index (κ3) is 4.08. The summed E-state index contributed by atoms with van der Waals surface area (Å²) in [6.45, 7) is 2.68. The summed E-state index contributed by atoms with van der Waals surface area (Å²) in [7, 11) is 0. The average molecular weight is 416 g/mol.